The third-order valence-corrected chi connectivity index (χ3v) is 4.49. The molecule has 1 aromatic carbocycles. The first-order chi connectivity index (χ1) is 11.7. The van der Waals surface area contributed by atoms with Gasteiger partial charge in [-0.3, -0.25) is 4.79 Å². The van der Waals surface area contributed by atoms with Crippen molar-refractivity contribution in [3.05, 3.63) is 24.0 Å². The van der Waals surface area contributed by atoms with Gasteiger partial charge >= 0.3 is 0 Å². The Hall–Kier alpha value is -1.66. The molecule has 1 atom stereocenters. The molecular formula is C18H25FN2O3. The van der Waals surface area contributed by atoms with Gasteiger partial charge < -0.3 is 19.7 Å². The van der Waals surface area contributed by atoms with Crippen LogP contribution in [0.4, 0.5) is 15.8 Å². The van der Waals surface area contributed by atoms with E-state index in [9.17, 15) is 9.18 Å². The second-order valence-electron chi connectivity index (χ2n) is 6.41. The fourth-order valence-electron chi connectivity index (χ4n) is 3.26. The SMILES string of the molecule is O=C(COCC1CCCO1)Nc1cc(F)ccc1N1CCCCC1. The molecule has 0 saturated carbocycles. The number of nitrogens with zero attached hydrogens (tertiary/aromatic N) is 1. The van der Waals surface area contributed by atoms with Crippen LogP contribution in [-0.4, -0.2) is 44.9 Å². The Labute approximate surface area is 142 Å². The summed E-state index contributed by atoms with van der Waals surface area (Å²) in [5.41, 5.74) is 1.39. The van der Waals surface area contributed by atoms with Gasteiger partial charge in [0, 0.05) is 19.7 Å². The summed E-state index contributed by atoms with van der Waals surface area (Å²) in [6.45, 7) is 3.02. The molecule has 0 spiro atoms. The van der Waals surface area contributed by atoms with E-state index in [1.807, 2.05) is 0 Å². The average Bonchev–Trinajstić information content (AvgIpc) is 3.09. The van der Waals surface area contributed by atoms with Gasteiger partial charge in [0.1, 0.15) is 12.4 Å². The molecule has 132 valence electrons. The van der Waals surface area contributed by atoms with Crippen LogP contribution in [0.2, 0.25) is 0 Å². The van der Waals surface area contributed by atoms with Gasteiger partial charge in [0.2, 0.25) is 5.91 Å². The number of hydrogen-bond acceptors (Lipinski definition) is 4. The molecule has 0 aliphatic carbocycles. The molecule has 0 bridgehead atoms. The van der Waals surface area contributed by atoms with Gasteiger partial charge in [-0.15, -0.1) is 0 Å². The van der Waals surface area contributed by atoms with Crippen molar-refractivity contribution in [3.63, 3.8) is 0 Å². The van der Waals surface area contributed by atoms with E-state index in [0.717, 1.165) is 51.1 Å². The fourth-order valence-corrected chi connectivity index (χ4v) is 3.26. The number of rotatable bonds is 6. The summed E-state index contributed by atoms with van der Waals surface area (Å²) in [5.74, 6) is -0.622. The second kappa shape index (κ2) is 8.44. The van der Waals surface area contributed by atoms with Gasteiger partial charge in [-0.05, 0) is 50.3 Å². The van der Waals surface area contributed by atoms with Gasteiger partial charge in [-0.25, -0.2) is 4.39 Å². The predicted molar refractivity (Wildman–Crippen MR) is 90.9 cm³/mol. The monoisotopic (exact) mass is 336 g/mol. The van der Waals surface area contributed by atoms with E-state index in [1.165, 1.54) is 18.6 Å². The molecule has 2 heterocycles. The van der Waals surface area contributed by atoms with Crippen LogP contribution < -0.4 is 10.2 Å². The number of carbonyl (C=O) groups is 1. The molecule has 24 heavy (non-hydrogen) atoms. The lowest BCUT2D eigenvalue weighted by atomic mass is 10.1. The molecule has 2 aliphatic heterocycles. The first-order valence-corrected chi connectivity index (χ1v) is 8.76. The minimum absolute atomic E-state index is 0.0458. The maximum atomic E-state index is 13.6. The van der Waals surface area contributed by atoms with Crippen LogP contribution in [0.1, 0.15) is 32.1 Å². The van der Waals surface area contributed by atoms with Crippen LogP contribution in [0.5, 0.6) is 0 Å². The van der Waals surface area contributed by atoms with Crippen LogP contribution in [0.15, 0.2) is 18.2 Å². The highest BCUT2D eigenvalue weighted by atomic mass is 19.1. The molecule has 2 aliphatic rings. The largest absolute Gasteiger partial charge is 0.376 e. The van der Waals surface area contributed by atoms with Crippen molar-refractivity contribution in [2.45, 2.75) is 38.2 Å². The lowest BCUT2D eigenvalue weighted by Gasteiger charge is -2.30. The Morgan fingerprint density at radius 1 is 1.29 bits per heavy atom. The number of hydrogen-bond donors (Lipinski definition) is 1. The molecule has 5 nitrogen and oxygen atoms in total. The van der Waals surface area contributed by atoms with Crippen molar-refractivity contribution in [3.8, 4) is 0 Å². The quantitative estimate of drug-likeness (QED) is 0.868. The Morgan fingerprint density at radius 2 is 2.12 bits per heavy atom. The highest BCUT2D eigenvalue weighted by molar-refractivity contribution is 5.95. The van der Waals surface area contributed by atoms with E-state index in [2.05, 4.69) is 10.2 Å². The molecule has 1 amide bonds. The van der Waals surface area contributed by atoms with Crippen molar-refractivity contribution < 1.29 is 18.7 Å². The van der Waals surface area contributed by atoms with Crippen LogP contribution in [0, 0.1) is 5.82 Å². The van der Waals surface area contributed by atoms with Gasteiger partial charge in [-0.2, -0.15) is 0 Å². The van der Waals surface area contributed by atoms with Crippen molar-refractivity contribution in [2.24, 2.45) is 0 Å². The van der Waals surface area contributed by atoms with Gasteiger partial charge in [-0.1, -0.05) is 0 Å². The maximum absolute atomic E-state index is 13.6. The summed E-state index contributed by atoms with van der Waals surface area (Å²) in [7, 11) is 0. The normalized spacial score (nSPS) is 21.0. The summed E-state index contributed by atoms with van der Waals surface area (Å²) in [4.78, 5) is 14.3. The Morgan fingerprint density at radius 3 is 2.88 bits per heavy atom. The highest BCUT2D eigenvalue weighted by Crippen LogP contribution is 2.29. The third kappa shape index (κ3) is 4.68. The first kappa shape index (κ1) is 17.2. The number of nitrogens with one attached hydrogen (secondary N) is 1. The number of ether oxygens (including phenoxy) is 2. The lowest BCUT2D eigenvalue weighted by Crippen LogP contribution is -2.31. The number of halogens is 1. The molecular weight excluding hydrogens is 311 g/mol. The second-order valence-corrected chi connectivity index (χ2v) is 6.41. The van der Waals surface area contributed by atoms with Crippen molar-refractivity contribution >= 4 is 17.3 Å². The minimum atomic E-state index is -0.355. The molecule has 1 unspecified atom stereocenters. The zero-order chi connectivity index (χ0) is 16.8. The number of piperidine rings is 1. The van der Waals surface area contributed by atoms with Crippen LogP contribution in [-0.2, 0) is 14.3 Å². The molecule has 2 fully saturated rings. The summed E-state index contributed by atoms with van der Waals surface area (Å²) in [5, 5.41) is 2.79. The van der Waals surface area contributed by atoms with E-state index in [-0.39, 0.29) is 24.4 Å². The molecule has 0 aromatic heterocycles. The van der Waals surface area contributed by atoms with Gasteiger partial charge in [0.05, 0.1) is 24.1 Å². The number of amides is 1. The summed E-state index contributed by atoms with van der Waals surface area (Å²) >= 11 is 0. The zero-order valence-electron chi connectivity index (χ0n) is 13.9. The third-order valence-electron chi connectivity index (χ3n) is 4.49. The highest BCUT2D eigenvalue weighted by Gasteiger charge is 2.18. The van der Waals surface area contributed by atoms with E-state index in [1.54, 1.807) is 6.07 Å². The van der Waals surface area contributed by atoms with Crippen molar-refractivity contribution in [2.75, 3.05) is 43.1 Å². The number of benzene rings is 1. The van der Waals surface area contributed by atoms with E-state index < -0.39 is 0 Å². The number of carbonyl (C=O) groups excluding carboxylic acids is 1. The van der Waals surface area contributed by atoms with Crippen molar-refractivity contribution in [1.82, 2.24) is 0 Å². The molecule has 1 aromatic rings. The standard InChI is InChI=1S/C18H25FN2O3/c19-14-6-7-17(21-8-2-1-3-9-21)16(11-14)20-18(22)13-23-12-15-5-4-10-24-15/h6-7,11,15H,1-5,8-10,12-13H2,(H,20,22). The summed E-state index contributed by atoms with van der Waals surface area (Å²) < 4.78 is 24.5. The predicted octanol–water partition coefficient (Wildman–Crippen LogP) is 2.95. The van der Waals surface area contributed by atoms with E-state index in [0.29, 0.717) is 12.3 Å². The number of anilines is 2. The van der Waals surface area contributed by atoms with Crippen LogP contribution in [0.25, 0.3) is 0 Å². The zero-order valence-corrected chi connectivity index (χ0v) is 13.9. The van der Waals surface area contributed by atoms with E-state index >= 15 is 0 Å². The molecule has 0 radical (unpaired) electrons. The Kier molecular flexibility index (Phi) is 6.04. The maximum Gasteiger partial charge on any atom is 0.250 e. The smallest absolute Gasteiger partial charge is 0.250 e. The van der Waals surface area contributed by atoms with Crippen LogP contribution in [0.3, 0.4) is 0 Å². The van der Waals surface area contributed by atoms with E-state index in [4.69, 9.17) is 9.47 Å². The lowest BCUT2D eigenvalue weighted by molar-refractivity contribution is -0.121. The average molecular weight is 336 g/mol. The topological polar surface area (TPSA) is 50.8 Å². The minimum Gasteiger partial charge on any atom is -0.376 e. The molecule has 2 saturated heterocycles. The van der Waals surface area contributed by atoms with Crippen LogP contribution >= 0.6 is 0 Å². The molecule has 1 N–H and O–H groups in total. The summed E-state index contributed by atoms with van der Waals surface area (Å²) in [6, 6.07) is 4.55. The molecule has 3 rings (SSSR count). The Balaban J connectivity index is 1.56. The van der Waals surface area contributed by atoms with Gasteiger partial charge in [0.15, 0.2) is 0 Å². The summed E-state index contributed by atoms with van der Waals surface area (Å²) in [6.07, 6.45) is 5.57. The van der Waals surface area contributed by atoms with Crippen molar-refractivity contribution in [1.29, 1.82) is 0 Å². The van der Waals surface area contributed by atoms with Gasteiger partial charge in [0.25, 0.3) is 0 Å². The fraction of sp³-hybridized carbons (Fsp3) is 0.611. The first-order valence-electron chi connectivity index (χ1n) is 8.76. The Bertz CT molecular complexity index is 555. The molecule has 6 heteroatoms.